The fourth-order valence-electron chi connectivity index (χ4n) is 2.38. The number of ether oxygens (including phenoxy) is 1. The van der Waals surface area contributed by atoms with Gasteiger partial charge in [0.25, 0.3) is 5.91 Å². The average Bonchev–Trinajstić information content (AvgIpc) is 2.92. The highest BCUT2D eigenvalue weighted by molar-refractivity contribution is 7.11. The minimum Gasteiger partial charge on any atom is -0.477 e. The monoisotopic (exact) mass is 307 g/mol. The van der Waals surface area contributed by atoms with E-state index in [2.05, 4.69) is 0 Å². The van der Waals surface area contributed by atoms with Crippen molar-refractivity contribution in [3.05, 3.63) is 28.1 Å². The molecule has 0 unspecified atom stereocenters. The second-order valence-electron chi connectivity index (χ2n) is 5.65. The van der Waals surface area contributed by atoms with Gasteiger partial charge >= 0.3 is 0 Å². The molecule has 2 heterocycles. The van der Waals surface area contributed by atoms with Crippen molar-refractivity contribution in [2.75, 3.05) is 6.73 Å². The number of hydrogen-bond donors (Lipinski definition) is 0. The molecule has 0 N–H and O–H groups in total. The van der Waals surface area contributed by atoms with E-state index in [-0.39, 0.29) is 18.4 Å². The van der Waals surface area contributed by atoms with Gasteiger partial charge in [-0.3, -0.25) is 14.5 Å². The number of allylic oxidation sites excluding steroid dienone is 1. The van der Waals surface area contributed by atoms with E-state index < -0.39 is 5.54 Å². The number of ketones is 1. The highest BCUT2D eigenvalue weighted by Crippen LogP contribution is 2.33. The predicted octanol–water partition coefficient (Wildman–Crippen LogP) is 3.44. The van der Waals surface area contributed by atoms with Crippen molar-refractivity contribution in [2.45, 2.75) is 46.1 Å². The van der Waals surface area contributed by atoms with Crippen LogP contribution in [-0.4, -0.2) is 28.9 Å². The van der Waals surface area contributed by atoms with Crippen LogP contribution in [0.3, 0.4) is 0 Å². The molecule has 0 aliphatic carbocycles. The molecule has 1 amide bonds. The first-order chi connectivity index (χ1) is 9.89. The zero-order chi connectivity index (χ0) is 15.6. The third-order valence-corrected chi connectivity index (χ3v) is 4.71. The normalized spacial score (nSPS) is 16.2. The molecule has 0 saturated carbocycles. The number of rotatable bonds is 5. The second kappa shape index (κ2) is 6.02. The minimum absolute atomic E-state index is 0.0621. The Morgan fingerprint density at radius 1 is 1.48 bits per heavy atom. The molecule has 4 nitrogen and oxygen atoms in total. The molecule has 0 bridgehead atoms. The van der Waals surface area contributed by atoms with E-state index in [1.807, 2.05) is 24.4 Å². The number of carbonyl (C=O) groups excluding carboxylic acids is 2. The molecule has 21 heavy (non-hydrogen) atoms. The molecule has 0 spiro atoms. The largest absolute Gasteiger partial charge is 0.477 e. The van der Waals surface area contributed by atoms with Crippen LogP contribution in [0.15, 0.2) is 23.3 Å². The van der Waals surface area contributed by atoms with Gasteiger partial charge in [0.2, 0.25) is 0 Å². The standard InChI is InChI=1S/C16H21NO3S/c1-5-7-13(18)16(3,4)17-10-20-11(2)14(15(17)19)12-8-6-9-21-12/h6,8-9H,5,7,10H2,1-4H3. The summed E-state index contributed by atoms with van der Waals surface area (Å²) in [5.41, 5.74) is -0.287. The number of amides is 1. The van der Waals surface area contributed by atoms with Crippen LogP contribution in [0.1, 0.15) is 45.4 Å². The Kier molecular flexibility index (Phi) is 4.52. The smallest absolute Gasteiger partial charge is 0.262 e. The minimum atomic E-state index is -0.851. The third kappa shape index (κ3) is 2.88. The van der Waals surface area contributed by atoms with Crippen molar-refractivity contribution in [3.63, 3.8) is 0 Å². The highest BCUT2D eigenvalue weighted by atomic mass is 32.1. The van der Waals surface area contributed by atoms with Gasteiger partial charge in [0, 0.05) is 11.3 Å². The Bertz CT molecular complexity index is 572. The van der Waals surface area contributed by atoms with Gasteiger partial charge in [-0.05, 0) is 38.6 Å². The molecule has 2 rings (SSSR count). The predicted molar refractivity (Wildman–Crippen MR) is 83.7 cm³/mol. The molecule has 1 aromatic heterocycles. The summed E-state index contributed by atoms with van der Waals surface area (Å²) in [5, 5.41) is 1.93. The van der Waals surface area contributed by atoms with E-state index >= 15 is 0 Å². The molecule has 0 aromatic carbocycles. The summed E-state index contributed by atoms with van der Waals surface area (Å²) in [6.45, 7) is 7.47. The first kappa shape index (κ1) is 15.8. The van der Waals surface area contributed by atoms with Crippen molar-refractivity contribution in [3.8, 4) is 0 Å². The van der Waals surface area contributed by atoms with Gasteiger partial charge in [0.15, 0.2) is 12.5 Å². The molecule has 5 heteroatoms. The third-order valence-electron chi connectivity index (χ3n) is 3.82. The summed E-state index contributed by atoms with van der Waals surface area (Å²) in [7, 11) is 0. The van der Waals surface area contributed by atoms with E-state index in [4.69, 9.17) is 4.74 Å². The first-order valence-electron chi connectivity index (χ1n) is 7.12. The van der Waals surface area contributed by atoms with Crippen LogP contribution < -0.4 is 0 Å². The van der Waals surface area contributed by atoms with Crippen molar-refractivity contribution in [2.24, 2.45) is 0 Å². The second-order valence-corrected chi connectivity index (χ2v) is 6.59. The fraction of sp³-hybridized carbons (Fsp3) is 0.500. The topological polar surface area (TPSA) is 46.6 Å². The maximum absolute atomic E-state index is 12.8. The van der Waals surface area contributed by atoms with Gasteiger partial charge < -0.3 is 4.74 Å². The van der Waals surface area contributed by atoms with Crippen molar-refractivity contribution >= 4 is 28.6 Å². The van der Waals surface area contributed by atoms with Gasteiger partial charge in [-0.1, -0.05) is 13.0 Å². The number of nitrogens with zero attached hydrogens (tertiary/aromatic N) is 1. The van der Waals surface area contributed by atoms with E-state index in [9.17, 15) is 9.59 Å². The molecule has 1 aliphatic heterocycles. The van der Waals surface area contributed by atoms with Crippen molar-refractivity contribution in [1.29, 1.82) is 0 Å². The molecular formula is C16H21NO3S. The van der Waals surface area contributed by atoms with Crippen LogP contribution in [0.5, 0.6) is 0 Å². The summed E-state index contributed by atoms with van der Waals surface area (Å²) in [4.78, 5) is 27.6. The number of thiophene rings is 1. The number of hydrogen-bond acceptors (Lipinski definition) is 4. The highest BCUT2D eigenvalue weighted by Gasteiger charge is 2.41. The van der Waals surface area contributed by atoms with Crippen molar-refractivity contribution in [1.82, 2.24) is 4.90 Å². The average molecular weight is 307 g/mol. The molecule has 1 aliphatic rings. The number of Topliss-reactive ketones (excluding diaryl/α,β-unsaturated/α-hetero) is 1. The lowest BCUT2D eigenvalue weighted by molar-refractivity contribution is -0.148. The lowest BCUT2D eigenvalue weighted by Gasteiger charge is -2.40. The van der Waals surface area contributed by atoms with Gasteiger partial charge in [-0.25, -0.2) is 0 Å². The van der Waals surface area contributed by atoms with Crippen LogP contribution in [-0.2, 0) is 14.3 Å². The lowest BCUT2D eigenvalue weighted by atomic mass is 9.92. The summed E-state index contributed by atoms with van der Waals surface area (Å²) in [6, 6.07) is 3.80. The van der Waals surface area contributed by atoms with Gasteiger partial charge in [-0.15, -0.1) is 11.3 Å². The molecule has 0 saturated heterocycles. The summed E-state index contributed by atoms with van der Waals surface area (Å²) in [6.07, 6.45) is 1.24. The maximum atomic E-state index is 12.8. The van der Waals surface area contributed by atoms with E-state index in [0.29, 0.717) is 17.8 Å². The molecule has 0 atom stereocenters. The summed E-state index contributed by atoms with van der Waals surface area (Å²) < 4.78 is 5.65. The van der Waals surface area contributed by atoms with E-state index in [1.54, 1.807) is 20.8 Å². The Labute approximate surface area is 129 Å². The lowest BCUT2D eigenvalue weighted by Crippen LogP contribution is -2.55. The van der Waals surface area contributed by atoms with Gasteiger partial charge in [0.1, 0.15) is 5.76 Å². The van der Waals surface area contributed by atoms with Crippen molar-refractivity contribution < 1.29 is 14.3 Å². The van der Waals surface area contributed by atoms with E-state index in [1.165, 1.54) is 16.2 Å². The van der Waals surface area contributed by atoms with Crippen LogP contribution >= 0.6 is 11.3 Å². The molecule has 0 radical (unpaired) electrons. The molecular weight excluding hydrogens is 286 g/mol. The Balaban J connectivity index is 2.34. The number of carbonyl (C=O) groups is 2. The van der Waals surface area contributed by atoms with Crippen LogP contribution in [0.2, 0.25) is 0 Å². The van der Waals surface area contributed by atoms with Gasteiger partial charge in [0.05, 0.1) is 11.1 Å². The summed E-state index contributed by atoms with van der Waals surface area (Å²) in [5.74, 6) is 0.556. The molecule has 0 fully saturated rings. The van der Waals surface area contributed by atoms with Gasteiger partial charge in [-0.2, -0.15) is 0 Å². The quantitative estimate of drug-likeness (QED) is 0.837. The SMILES string of the molecule is CCCC(=O)C(C)(C)N1COC(C)=C(c2cccs2)C1=O. The first-order valence-corrected chi connectivity index (χ1v) is 8.00. The zero-order valence-corrected chi connectivity index (χ0v) is 13.8. The Morgan fingerprint density at radius 3 is 2.76 bits per heavy atom. The van der Waals surface area contributed by atoms with E-state index in [0.717, 1.165) is 11.3 Å². The zero-order valence-electron chi connectivity index (χ0n) is 12.9. The molecule has 1 aromatic rings. The fourth-order valence-corrected chi connectivity index (χ4v) is 3.19. The Morgan fingerprint density at radius 2 is 2.19 bits per heavy atom. The maximum Gasteiger partial charge on any atom is 0.262 e. The Hall–Kier alpha value is -1.62. The van der Waals surface area contributed by atoms with Crippen LogP contribution in [0, 0.1) is 0 Å². The molecule has 114 valence electrons. The van der Waals surface area contributed by atoms with Crippen LogP contribution in [0.4, 0.5) is 0 Å². The van der Waals surface area contributed by atoms with Crippen LogP contribution in [0.25, 0.3) is 5.57 Å². The summed E-state index contributed by atoms with van der Waals surface area (Å²) >= 11 is 1.50.